The Morgan fingerprint density at radius 3 is 2.52 bits per heavy atom. The van der Waals surface area contributed by atoms with Gasteiger partial charge in [-0.1, -0.05) is 41.4 Å². The Kier molecular flexibility index (Phi) is 5.88. The predicted octanol–water partition coefficient (Wildman–Crippen LogP) is 4.91. The molecule has 156 valence electrons. The summed E-state index contributed by atoms with van der Waals surface area (Å²) in [7, 11) is 0. The third kappa shape index (κ3) is 4.84. The van der Waals surface area contributed by atoms with Crippen LogP contribution in [0, 0.1) is 6.92 Å². The number of thiophene rings is 1. The highest BCUT2D eigenvalue weighted by Crippen LogP contribution is 2.28. The first-order chi connectivity index (χ1) is 14.9. The van der Waals surface area contributed by atoms with Gasteiger partial charge in [0.2, 0.25) is 5.91 Å². The summed E-state index contributed by atoms with van der Waals surface area (Å²) in [5.74, 6) is -0.986. The van der Waals surface area contributed by atoms with Crippen molar-refractivity contribution in [1.29, 1.82) is 0 Å². The first-order valence-electron chi connectivity index (χ1n) is 9.44. The van der Waals surface area contributed by atoms with E-state index in [4.69, 9.17) is 11.6 Å². The van der Waals surface area contributed by atoms with Crippen molar-refractivity contribution < 1.29 is 14.4 Å². The van der Waals surface area contributed by atoms with Crippen LogP contribution in [-0.2, 0) is 9.59 Å². The maximum Gasteiger partial charge on any atom is 0.329 e. The molecule has 0 unspecified atom stereocenters. The van der Waals surface area contributed by atoms with Crippen molar-refractivity contribution >= 4 is 52.5 Å². The number of amides is 4. The van der Waals surface area contributed by atoms with E-state index in [1.54, 1.807) is 18.2 Å². The molecule has 0 atom stereocenters. The molecular weight excluding hydrogens is 434 g/mol. The fourth-order valence-electron chi connectivity index (χ4n) is 3.06. The average Bonchev–Trinajstić information content (AvgIpc) is 3.31. The molecule has 0 saturated carbocycles. The quantitative estimate of drug-likeness (QED) is 0.427. The number of imide groups is 1. The van der Waals surface area contributed by atoms with Crippen molar-refractivity contribution in [3.8, 4) is 11.1 Å². The minimum Gasteiger partial charge on any atom is -0.325 e. The van der Waals surface area contributed by atoms with E-state index >= 15 is 0 Å². The number of anilines is 1. The summed E-state index contributed by atoms with van der Waals surface area (Å²) >= 11 is 7.38. The molecule has 31 heavy (non-hydrogen) atoms. The fraction of sp³-hybridized carbons (Fsp3) is 0.0870. The lowest BCUT2D eigenvalue weighted by Gasteiger charge is -2.12. The average molecular weight is 452 g/mol. The molecule has 1 aromatic heterocycles. The molecule has 3 aromatic rings. The molecule has 1 aliphatic heterocycles. The third-order valence-corrected chi connectivity index (χ3v) is 5.81. The highest BCUT2D eigenvalue weighted by Gasteiger charge is 2.35. The summed E-state index contributed by atoms with van der Waals surface area (Å²) in [6.07, 6.45) is 1.61. The topological polar surface area (TPSA) is 78.5 Å². The number of hydrogen-bond acceptors (Lipinski definition) is 4. The monoisotopic (exact) mass is 451 g/mol. The number of aryl methyl sites for hydroxylation is 1. The van der Waals surface area contributed by atoms with E-state index in [1.807, 2.05) is 54.8 Å². The summed E-state index contributed by atoms with van der Waals surface area (Å²) < 4.78 is 0. The summed E-state index contributed by atoms with van der Waals surface area (Å²) in [5.41, 5.74) is 3.79. The van der Waals surface area contributed by atoms with Crippen LogP contribution in [-0.4, -0.2) is 29.3 Å². The van der Waals surface area contributed by atoms with Crippen LogP contribution in [0.2, 0.25) is 5.02 Å². The Balaban J connectivity index is 1.44. The molecule has 4 amide bonds. The number of benzene rings is 2. The maximum atomic E-state index is 12.7. The van der Waals surface area contributed by atoms with Crippen LogP contribution in [0.15, 0.2) is 65.7 Å². The number of rotatable bonds is 5. The lowest BCUT2D eigenvalue weighted by molar-refractivity contribution is -0.127. The molecule has 4 rings (SSSR count). The Bertz CT molecular complexity index is 1180. The van der Waals surface area contributed by atoms with E-state index < -0.39 is 17.8 Å². The largest absolute Gasteiger partial charge is 0.329 e. The van der Waals surface area contributed by atoms with Crippen LogP contribution in [0.25, 0.3) is 17.2 Å². The lowest BCUT2D eigenvalue weighted by Crippen LogP contribution is -2.38. The van der Waals surface area contributed by atoms with Gasteiger partial charge in [-0.15, -0.1) is 11.3 Å². The first kappa shape index (κ1) is 20.8. The number of urea groups is 1. The van der Waals surface area contributed by atoms with E-state index in [9.17, 15) is 14.4 Å². The number of carbonyl (C=O) groups is 3. The minimum atomic E-state index is -0.621. The third-order valence-electron chi connectivity index (χ3n) is 4.68. The standard InChI is InChI=1S/C23H18ClN3O3S/c1-14-2-8-18(9-3-14)25-21(28)12-27-22(29)20(26-23(27)30)11-19-10-16(13-31-19)15-4-6-17(24)7-5-15/h2-11,13H,12H2,1H3,(H,25,28)(H,26,30)/b20-11-. The molecule has 0 bridgehead atoms. The number of nitrogens with zero attached hydrogens (tertiary/aromatic N) is 1. The molecule has 6 nitrogen and oxygen atoms in total. The van der Waals surface area contributed by atoms with Crippen LogP contribution in [0.5, 0.6) is 0 Å². The fourth-order valence-corrected chi connectivity index (χ4v) is 4.03. The van der Waals surface area contributed by atoms with Crippen molar-refractivity contribution in [2.24, 2.45) is 0 Å². The highest BCUT2D eigenvalue weighted by molar-refractivity contribution is 7.11. The minimum absolute atomic E-state index is 0.137. The van der Waals surface area contributed by atoms with Crippen molar-refractivity contribution in [2.45, 2.75) is 6.92 Å². The SMILES string of the molecule is Cc1ccc(NC(=O)CN2C(=O)N/C(=C\c3cc(-c4ccc(Cl)cc4)cs3)C2=O)cc1. The normalized spacial score (nSPS) is 14.8. The molecule has 2 aromatic carbocycles. The smallest absolute Gasteiger partial charge is 0.325 e. The van der Waals surface area contributed by atoms with Crippen LogP contribution in [0.4, 0.5) is 10.5 Å². The number of carbonyl (C=O) groups excluding carboxylic acids is 3. The van der Waals surface area contributed by atoms with E-state index in [1.165, 1.54) is 11.3 Å². The second kappa shape index (κ2) is 8.75. The molecule has 2 heterocycles. The number of hydrogen-bond donors (Lipinski definition) is 2. The second-order valence-corrected chi connectivity index (χ2v) is 8.42. The van der Waals surface area contributed by atoms with Gasteiger partial charge in [-0.25, -0.2) is 9.69 Å². The van der Waals surface area contributed by atoms with Gasteiger partial charge >= 0.3 is 6.03 Å². The van der Waals surface area contributed by atoms with E-state index in [2.05, 4.69) is 10.6 Å². The Morgan fingerprint density at radius 2 is 1.81 bits per heavy atom. The van der Waals surface area contributed by atoms with Gasteiger partial charge in [0.1, 0.15) is 12.2 Å². The van der Waals surface area contributed by atoms with Crippen LogP contribution < -0.4 is 10.6 Å². The first-order valence-corrected chi connectivity index (χ1v) is 10.7. The van der Waals surface area contributed by atoms with Gasteiger partial charge in [0.15, 0.2) is 0 Å². The van der Waals surface area contributed by atoms with E-state index in [0.29, 0.717) is 10.7 Å². The zero-order valence-electron chi connectivity index (χ0n) is 16.5. The summed E-state index contributed by atoms with van der Waals surface area (Å²) in [6.45, 7) is 1.58. The number of nitrogens with one attached hydrogen (secondary N) is 2. The van der Waals surface area contributed by atoms with Crippen LogP contribution in [0.3, 0.4) is 0 Å². The Hall–Kier alpha value is -3.42. The predicted molar refractivity (Wildman–Crippen MR) is 123 cm³/mol. The van der Waals surface area contributed by atoms with Gasteiger partial charge in [0, 0.05) is 15.6 Å². The van der Waals surface area contributed by atoms with Gasteiger partial charge < -0.3 is 10.6 Å². The van der Waals surface area contributed by atoms with Crippen molar-refractivity contribution in [1.82, 2.24) is 10.2 Å². The van der Waals surface area contributed by atoms with Gasteiger partial charge in [-0.05, 0) is 59.8 Å². The maximum absolute atomic E-state index is 12.7. The van der Waals surface area contributed by atoms with Gasteiger partial charge in [0.25, 0.3) is 5.91 Å². The van der Waals surface area contributed by atoms with Crippen molar-refractivity contribution in [3.63, 3.8) is 0 Å². The summed E-state index contributed by atoms with van der Waals surface area (Å²) in [6, 6.07) is 16.0. The van der Waals surface area contributed by atoms with Gasteiger partial charge in [-0.2, -0.15) is 0 Å². The molecule has 2 N–H and O–H groups in total. The van der Waals surface area contributed by atoms with E-state index in [0.717, 1.165) is 26.5 Å². The molecular formula is C23H18ClN3O3S. The molecule has 1 saturated heterocycles. The van der Waals surface area contributed by atoms with Gasteiger partial charge in [0.05, 0.1) is 0 Å². The van der Waals surface area contributed by atoms with Crippen molar-refractivity contribution in [3.05, 3.63) is 81.1 Å². The van der Waals surface area contributed by atoms with Crippen LogP contribution in [0.1, 0.15) is 10.4 Å². The van der Waals surface area contributed by atoms with Crippen LogP contribution >= 0.6 is 22.9 Å². The molecule has 8 heteroatoms. The van der Waals surface area contributed by atoms with Gasteiger partial charge in [-0.3, -0.25) is 9.59 Å². The highest BCUT2D eigenvalue weighted by atomic mass is 35.5. The molecule has 0 aliphatic carbocycles. The molecule has 0 spiro atoms. The summed E-state index contributed by atoms with van der Waals surface area (Å²) in [5, 5.41) is 7.85. The summed E-state index contributed by atoms with van der Waals surface area (Å²) in [4.78, 5) is 38.9. The van der Waals surface area contributed by atoms with E-state index in [-0.39, 0.29) is 12.2 Å². The molecule has 0 radical (unpaired) electrons. The lowest BCUT2D eigenvalue weighted by atomic mass is 10.1. The zero-order chi connectivity index (χ0) is 22.0. The Labute approximate surface area is 188 Å². The second-order valence-electron chi connectivity index (χ2n) is 7.04. The van der Waals surface area contributed by atoms with Crippen molar-refractivity contribution in [2.75, 3.05) is 11.9 Å². The zero-order valence-corrected chi connectivity index (χ0v) is 18.1. The molecule has 1 aliphatic rings. The number of halogens is 1. The Morgan fingerprint density at radius 1 is 1.10 bits per heavy atom. The molecule has 1 fully saturated rings.